The largest absolute Gasteiger partial charge is 0.348 e. The Morgan fingerprint density at radius 1 is 1.15 bits per heavy atom. The molecular weight excluding hydrogens is 342 g/mol. The van der Waals surface area contributed by atoms with Gasteiger partial charge in [-0.05, 0) is 38.5 Å². The zero-order valence-electron chi connectivity index (χ0n) is 16.4. The molecule has 2 aliphatic heterocycles. The SMILES string of the molecule is Cc1nc(CCC(C)C)c2n1CCN(Cc1cnc(N3CCCC3)s1)C2. The number of hydrogen-bond acceptors (Lipinski definition) is 5. The molecule has 0 spiro atoms. The summed E-state index contributed by atoms with van der Waals surface area (Å²) in [4.78, 5) is 16.0. The lowest BCUT2D eigenvalue weighted by molar-refractivity contribution is 0.212. The first kappa shape index (κ1) is 18.0. The first-order valence-corrected chi connectivity index (χ1v) is 10.9. The zero-order chi connectivity index (χ0) is 18.1. The second kappa shape index (κ2) is 7.69. The van der Waals surface area contributed by atoms with Gasteiger partial charge in [0.05, 0.1) is 11.4 Å². The normalized spacial score (nSPS) is 18.1. The smallest absolute Gasteiger partial charge is 0.185 e. The molecule has 1 saturated heterocycles. The summed E-state index contributed by atoms with van der Waals surface area (Å²) in [6.07, 6.45) is 7.04. The third-order valence-corrected chi connectivity index (χ3v) is 6.66. The van der Waals surface area contributed by atoms with E-state index in [4.69, 9.17) is 4.98 Å². The molecule has 2 aromatic rings. The molecule has 0 bridgehead atoms. The zero-order valence-corrected chi connectivity index (χ0v) is 17.2. The molecule has 0 amide bonds. The molecule has 0 saturated carbocycles. The number of nitrogens with zero attached hydrogens (tertiary/aromatic N) is 5. The number of fused-ring (bicyclic) bond motifs is 1. The highest BCUT2D eigenvalue weighted by atomic mass is 32.1. The van der Waals surface area contributed by atoms with Gasteiger partial charge in [-0.15, -0.1) is 11.3 Å². The Labute approximate surface area is 161 Å². The maximum absolute atomic E-state index is 4.88. The Bertz CT molecular complexity index is 741. The number of aryl methyl sites for hydroxylation is 2. The molecule has 0 aromatic carbocycles. The van der Waals surface area contributed by atoms with Gasteiger partial charge in [-0.1, -0.05) is 13.8 Å². The van der Waals surface area contributed by atoms with Crippen molar-refractivity contribution in [2.75, 3.05) is 24.5 Å². The van der Waals surface area contributed by atoms with Crippen LogP contribution in [0.25, 0.3) is 0 Å². The number of hydrogen-bond donors (Lipinski definition) is 0. The maximum Gasteiger partial charge on any atom is 0.185 e. The molecule has 4 heterocycles. The minimum absolute atomic E-state index is 0.730. The molecule has 2 aliphatic rings. The molecule has 4 rings (SSSR count). The molecule has 6 heteroatoms. The van der Waals surface area contributed by atoms with E-state index in [1.807, 2.05) is 11.3 Å². The first-order chi connectivity index (χ1) is 12.6. The van der Waals surface area contributed by atoms with Gasteiger partial charge in [-0.3, -0.25) is 4.90 Å². The average molecular weight is 374 g/mol. The molecule has 142 valence electrons. The van der Waals surface area contributed by atoms with Crippen LogP contribution < -0.4 is 4.90 Å². The van der Waals surface area contributed by atoms with Crippen LogP contribution in [0.2, 0.25) is 0 Å². The highest BCUT2D eigenvalue weighted by Crippen LogP contribution is 2.28. The maximum atomic E-state index is 4.88. The Kier molecular flexibility index (Phi) is 5.32. The van der Waals surface area contributed by atoms with Crippen molar-refractivity contribution in [3.8, 4) is 0 Å². The quantitative estimate of drug-likeness (QED) is 0.771. The minimum Gasteiger partial charge on any atom is -0.348 e. The Morgan fingerprint density at radius 2 is 1.96 bits per heavy atom. The van der Waals surface area contributed by atoms with Crippen molar-refractivity contribution in [2.24, 2.45) is 5.92 Å². The van der Waals surface area contributed by atoms with Gasteiger partial charge in [-0.2, -0.15) is 0 Å². The summed E-state index contributed by atoms with van der Waals surface area (Å²) < 4.78 is 2.44. The summed E-state index contributed by atoms with van der Waals surface area (Å²) in [6, 6.07) is 0. The van der Waals surface area contributed by atoms with Crippen molar-refractivity contribution in [3.05, 3.63) is 28.3 Å². The fourth-order valence-corrected chi connectivity index (χ4v) is 5.09. The highest BCUT2D eigenvalue weighted by Gasteiger charge is 2.23. The monoisotopic (exact) mass is 373 g/mol. The Morgan fingerprint density at radius 3 is 2.73 bits per heavy atom. The highest BCUT2D eigenvalue weighted by molar-refractivity contribution is 7.15. The van der Waals surface area contributed by atoms with E-state index in [1.165, 1.54) is 59.6 Å². The third-order valence-electron chi connectivity index (χ3n) is 5.62. The van der Waals surface area contributed by atoms with Crippen LogP contribution in [0.15, 0.2) is 6.20 Å². The average Bonchev–Trinajstić information content (AvgIpc) is 3.34. The van der Waals surface area contributed by atoms with Gasteiger partial charge < -0.3 is 9.47 Å². The van der Waals surface area contributed by atoms with Crippen molar-refractivity contribution >= 4 is 16.5 Å². The van der Waals surface area contributed by atoms with Gasteiger partial charge in [0.25, 0.3) is 0 Å². The topological polar surface area (TPSA) is 37.2 Å². The van der Waals surface area contributed by atoms with Crippen LogP contribution in [0.4, 0.5) is 5.13 Å². The lowest BCUT2D eigenvalue weighted by Gasteiger charge is -2.28. The van der Waals surface area contributed by atoms with E-state index in [0.717, 1.165) is 38.5 Å². The Hall–Kier alpha value is -1.40. The summed E-state index contributed by atoms with van der Waals surface area (Å²) in [5.74, 6) is 1.92. The summed E-state index contributed by atoms with van der Waals surface area (Å²) in [6.45, 7) is 13.3. The fraction of sp³-hybridized carbons (Fsp3) is 0.700. The van der Waals surface area contributed by atoms with Gasteiger partial charge in [0.15, 0.2) is 5.13 Å². The van der Waals surface area contributed by atoms with Crippen molar-refractivity contribution in [1.29, 1.82) is 0 Å². The van der Waals surface area contributed by atoms with Crippen molar-refractivity contribution < 1.29 is 0 Å². The molecule has 0 radical (unpaired) electrons. The third kappa shape index (κ3) is 3.81. The Balaban J connectivity index is 1.43. The lowest BCUT2D eigenvalue weighted by atomic mass is 10.0. The summed E-state index contributed by atoms with van der Waals surface area (Å²) in [5, 5.41) is 1.22. The predicted octanol–water partition coefficient (Wildman–Crippen LogP) is 3.85. The van der Waals surface area contributed by atoms with Crippen molar-refractivity contribution in [3.63, 3.8) is 0 Å². The first-order valence-electron chi connectivity index (χ1n) is 10.1. The van der Waals surface area contributed by atoms with Crippen molar-refractivity contribution in [1.82, 2.24) is 19.4 Å². The fourth-order valence-electron chi connectivity index (χ4n) is 4.08. The van der Waals surface area contributed by atoms with Gasteiger partial charge in [0, 0.05) is 50.3 Å². The van der Waals surface area contributed by atoms with E-state index in [9.17, 15) is 0 Å². The van der Waals surface area contributed by atoms with E-state index in [2.05, 4.69) is 46.3 Å². The second-order valence-electron chi connectivity index (χ2n) is 8.15. The van der Waals surface area contributed by atoms with Crippen LogP contribution in [-0.4, -0.2) is 39.1 Å². The van der Waals surface area contributed by atoms with E-state index in [0.29, 0.717) is 0 Å². The van der Waals surface area contributed by atoms with Gasteiger partial charge in [0.1, 0.15) is 5.82 Å². The molecule has 0 N–H and O–H groups in total. The van der Waals surface area contributed by atoms with Crippen molar-refractivity contribution in [2.45, 2.75) is 66.1 Å². The molecule has 2 aromatic heterocycles. The van der Waals surface area contributed by atoms with Crippen LogP contribution in [-0.2, 0) is 26.1 Å². The van der Waals surface area contributed by atoms with Crippen LogP contribution in [0, 0.1) is 12.8 Å². The number of imidazole rings is 1. The van der Waals surface area contributed by atoms with E-state index >= 15 is 0 Å². The molecule has 1 fully saturated rings. The number of thiazole rings is 1. The van der Waals surface area contributed by atoms with Gasteiger partial charge in [-0.25, -0.2) is 9.97 Å². The van der Waals surface area contributed by atoms with Crippen LogP contribution in [0.3, 0.4) is 0 Å². The molecule has 0 atom stereocenters. The van der Waals surface area contributed by atoms with Crippen LogP contribution >= 0.6 is 11.3 Å². The minimum atomic E-state index is 0.730. The number of aromatic nitrogens is 3. The molecule has 5 nitrogen and oxygen atoms in total. The molecule has 26 heavy (non-hydrogen) atoms. The standard InChI is InChI=1S/C20H31N5S/c1-15(2)6-7-18-19-14-23(10-11-25(19)16(3)22-18)13-17-12-21-20(26-17)24-8-4-5-9-24/h12,15H,4-11,13-14H2,1-3H3. The second-order valence-corrected chi connectivity index (χ2v) is 9.24. The summed E-state index contributed by atoms with van der Waals surface area (Å²) >= 11 is 1.88. The van der Waals surface area contributed by atoms with E-state index in [-0.39, 0.29) is 0 Å². The lowest BCUT2D eigenvalue weighted by Crippen LogP contribution is -2.33. The van der Waals surface area contributed by atoms with E-state index in [1.54, 1.807) is 0 Å². The summed E-state index contributed by atoms with van der Waals surface area (Å²) in [7, 11) is 0. The molecule has 0 unspecified atom stereocenters. The van der Waals surface area contributed by atoms with Crippen LogP contribution in [0.5, 0.6) is 0 Å². The number of rotatable bonds is 6. The van der Waals surface area contributed by atoms with E-state index < -0.39 is 0 Å². The molecular formula is C20H31N5S. The summed E-state index contributed by atoms with van der Waals surface area (Å²) in [5.41, 5.74) is 2.77. The van der Waals surface area contributed by atoms with Crippen LogP contribution in [0.1, 0.15) is 55.2 Å². The number of anilines is 1. The van der Waals surface area contributed by atoms with Gasteiger partial charge >= 0.3 is 0 Å². The van der Waals surface area contributed by atoms with Gasteiger partial charge in [0.2, 0.25) is 0 Å². The molecule has 0 aliphatic carbocycles. The predicted molar refractivity (Wildman–Crippen MR) is 108 cm³/mol.